The van der Waals surface area contributed by atoms with Crippen LogP contribution in [0.2, 0.25) is 0 Å². The Balaban J connectivity index is 2.35. The molecule has 4 nitrogen and oxygen atoms in total. The van der Waals surface area contributed by atoms with Crippen molar-refractivity contribution in [2.24, 2.45) is 0 Å². The first-order chi connectivity index (χ1) is 9.01. The maximum atomic E-state index is 12.1. The van der Waals surface area contributed by atoms with Gasteiger partial charge in [-0.1, -0.05) is 28.1 Å². The minimum Gasteiger partial charge on any atom is -0.280 e. The molecule has 96 valence electrons. The van der Waals surface area contributed by atoms with E-state index in [0.29, 0.717) is 11.3 Å². The van der Waals surface area contributed by atoms with E-state index >= 15 is 0 Å². The molecule has 0 aliphatic rings. The number of rotatable bonds is 3. The lowest BCUT2D eigenvalue weighted by molar-refractivity contribution is 0.601. The van der Waals surface area contributed by atoms with Crippen LogP contribution in [0.4, 0.5) is 5.69 Å². The monoisotopic (exact) mass is 336 g/mol. The molecule has 2 aromatic rings. The summed E-state index contributed by atoms with van der Waals surface area (Å²) in [7, 11) is -3.68. The number of hydrogen-bond acceptors (Lipinski definition) is 3. The number of halogens is 1. The van der Waals surface area contributed by atoms with Gasteiger partial charge in [0.15, 0.2) is 0 Å². The second-order valence-corrected chi connectivity index (χ2v) is 6.35. The second kappa shape index (κ2) is 5.43. The lowest BCUT2D eigenvalue weighted by Crippen LogP contribution is -2.13. The fourth-order valence-corrected chi connectivity index (χ4v) is 2.99. The summed E-state index contributed by atoms with van der Waals surface area (Å²) >= 11 is 3.27. The molecule has 0 heterocycles. The van der Waals surface area contributed by atoms with E-state index in [9.17, 15) is 8.42 Å². The van der Waals surface area contributed by atoms with Crippen molar-refractivity contribution < 1.29 is 8.42 Å². The van der Waals surface area contributed by atoms with Crippen LogP contribution >= 0.6 is 15.9 Å². The standard InChI is InChI=1S/C13H9BrN2O2S/c14-11-4-2-5-12(8-11)16-19(17,18)13-6-1-3-10(7-13)9-15/h1-8,16H. The van der Waals surface area contributed by atoms with Crippen LogP contribution in [0.1, 0.15) is 5.56 Å². The quantitative estimate of drug-likeness (QED) is 0.935. The smallest absolute Gasteiger partial charge is 0.261 e. The predicted molar refractivity (Wildman–Crippen MR) is 76.1 cm³/mol. The lowest BCUT2D eigenvalue weighted by Gasteiger charge is -2.08. The Morgan fingerprint density at radius 3 is 2.53 bits per heavy atom. The van der Waals surface area contributed by atoms with Crippen molar-refractivity contribution >= 4 is 31.6 Å². The molecule has 0 aliphatic heterocycles. The first-order valence-corrected chi connectivity index (χ1v) is 7.57. The van der Waals surface area contributed by atoms with Crippen molar-refractivity contribution in [3.05, 3.63) is 58.6 Å². The zero-order chi connectivity index (χ0) is 13.9. The highest BCUT2D eigenvalue weighted by Crippen LogP contribution is 2.20. The Hall–Kier alpha value is -1.84. The molecule has 1 N–H and O–H groups in total. The Kier molecular flexibility index (Phi) is 3.88. The van der Waals surface area contributed by atoms with Crippen molar-refractivity contribution in [1.82, 2.24) is 0 Å². The molecule has 0 saturated heterocycles. The first-order valence-electron chi connectivity index (χ1n) is 5.30. The average Bonchev–Trinajstić information content (AvgIpc) is 2.38. The average molecular weight is 337 g/mol. The number of benzene rings is 2. The Labute approximate surface area is 119 Å². The topological polar surface area (TPSA) is 70.0 Å². The van der Waals surface area contributed by atoms with Gasteiger partial charge in [-0.05, 0) is 36.4 Å². The van der Waals surface area contributed by atoms with Crippen LogP contribution in [0.25, 0.3) is 0 Å². The molecule has 6 heteroatoms. The van der Waals surface area contributed by atoms with Gasteiger partial charge in [0.25, 0.3) is 10.0 Å². The molecule has 0 unspecified atom stereocenters. The van der Waals surface area contributed by atoms with Gasteiger partial charge in [-0.25, -0.2) is 8.42 Å². The highest BCUT2D eigenvalue weighted by Gasteiger charge is 2.14. The highest BCUT2D eigenvalue weighted by atomic mass is 79.9. The van der Waals surface area contributed by atoms with Gasteiger partial charge in [-0.15, -0.1) is 0 Å². The first kappa shape index (κ1) is 13.6. The maximum absolute atomic E-state index is 12.1. The Morgan fingerprint density at radius 1 is 1.11 bits per heavy atom. The fraction of sp³-hybridized carbons (Fsp3) is 0. The molecule has 0 saturated carbocycles. The van der Waals surface area contributed by atoms with Crippen molar-refractivity contribution in [2.45, 2.75) is 4.90 Å². The summed E-state index contributed by atoms with van der Waals surface area (Å²) in [5.41, 5.74) is 0.758. The molecule has 0 aliphatic carbocycles. The third-order valence-electron chi connectivity index (χ3n) is 2.35. The number of nitriles is 1. The molecular formula is C13H9BrN2O2S. The van der Waals surface area contributed by atoms with Gasteiger partial charge in [0, 0.05) is 10.2 Å². The van der Waals surface area contributed by atoms with Crippen LogP contribution in [-0.2, 0) is 10.0 Å². The van der Waals surface area contributed by atoms with E-state index in [0.717, 1.165) is 4.47 Å². The Bertz CT molecular complexity index is 751. The van der Waals surface area contributed by atoms with Gasteiger partial charge in [-0.2, -0.15) is 5.26 Å². The van der Waals surface area contributed by atoms with Crippen LogP contribution in [0.5, 0.6) is 0 Å². The Morgan fingerprint density at radius 2 is 1.84 bits per heavy atom. The minimum atomic E-state index is -3.68. The van der Waals surface area contributed by atoms with Crippen molar-refractivity contribution in [2.75, 3.05) is 4.72 Å². The van der Waals surface area contributed by atoms with Crippen LogP contribution in [0.15, 0.2) is 57.9 Å². The number of nitrogens with zero attached hydrogens (tertiary/aromatic N) is 1. The van der Waals surface area contributed by atoms with Crippen molar-refractivity contribution in [3.63, 3.8) is 0 Å². The van der Waals surface area contributed by atoms with Gasteiger partial charge >= 0.3 is 0 Å². The summed E-state index contributed by atoms with van der Waals surface area (Å²) in [6.07, 6.45) is 0. The summed E-state index contributed by atoms with van der Waals surface area (Å²) in [6, 6.07) is 14.6. The molecule has 0 bridgehead atoms. The van der Waals surface area contributed by atoms with Crippen LogP contribution in [0, 0.1) is 11.3 Å². The van der Waals surface area contributed by atoms with E-state index in [1.807, 2.05) is 6.07 Å². The number of hydrogen-bond donors (Lipinski definition) is 1. The lowest BCUT2D eigenvalue weighted by atomic mass is 10.2. The molecule has 0 fully saturated rings. The normalized spacial score (nSPS) is 10.7. The van der Waals surface area contributed by atoms with E-state index in [-0.39, 0.29) is 4.90 Å². The molecule has 0 atom stereocenters. The molecule has 2 aromatic carbocycles. The SMILES string of the molecule is N#Cc1cccc(S(=O)(=O)Nc2cccc(Br)c2)c1. The van der Waals surface area contributed by atoms with Crippen LogP contribution < -0.4 is 4.72 Å². The van der Waals surface area contributed by atoms with Gasteiger partial charge in [0.2, 0.25) is 0 Å². The van der Waals surface area contributed by atoms with E-state index in [2.05, 4.69) is 20.7 Å². The number of anilines is 1. The highest BCUT2D eigenvalue weighted by molar-refractivity contribution is 9.10. The largest absolute Gasteiger partial charge is 0.280 e. The van der Waals surface area contributed by atoms with Crippen LogP contribution in [-0.4, -0.2) is 8.42 Å². The molecule has 19 heavy (non-hydrogen) atoms. The molecule has 0 amide bonds. The third-order valence-corrected chi connectivity index (χ3v) is 4.22. The summed E-state index contributed by atoms with van der Waals surface area (Å²) < 4.78 is 27.5. The van der Waals surface area contributed by atoms with E-state index < -0.39 is 10.0 Å². The minimum absolute atomic E-state index is 0.0616. The van der Waals surface area contributed by atoms with E-state index in [1.165, 1.54) is 18.2 Å². The summed E-state index contributed by atoms with van der Waals surface area (Å²) in [4.78, 5) is 0.0616. The maximum Gasteiger partial charge on any atom is 0.261 e. The van der Waals surface area contributed by atoms with E-state index in [4.69, 9.17) is 5.26 Å². The van der Waals surface area contributed by atoms with Crippen molar-refractivity contribution in [3.8, 4) is 6.07 Å². The van der Waals surface area contributed by atoms with Gasteiger partial charge in [0.05, 0.1) is 16.5 Å². The second-order valence-electron chi connectivity index (χ2n) is 3.76. The summed E-state index contributed by atoms with van der Waals surface area (Å²) in [6.45, 7) is 0. The summed E-state index contributed by atoms with van der Waals surface area (Å²) in [5, 5.41) is 8.78. The van der Waals surface area contributed by atoms with Gasteiger partial charge in [-0.3, -0.25) is 4.72 Å². The predicted octanol–water partition coefficient (Wildman–Crippen LogP) is 3.12. The zero-order valence-electron chi connectivity index (χ0n) is 9.67. The zero-order valence-corrected chi connectivity index (χ0v) is 12.1. The van der Waals surface area contributed by atoms with Gasteiger partial charge in [0.1, 0.15) is 0 Å². The molecule has 2 rings (SSSR count). The van der Waals surface area contributed by atoms with Gasteiger partial charge < -0.3 is 0 Å². The number of nitrogens with one attached hydrogen (secondary N) is 1. The van der Waals surface area contributed by atoms with Crippen molar-refractivity contribution in [1.29, 1.82) is 5.26 Å². The molecule has 0 aromatic heterocycles. The van der Waals surface area contributed by atoms with Crippen LogP contribution in [0.3, 0.4) is 0 Å². The molecule has 0 radical (unpaired) electrons. The fourth-order valence-electron chi connectivity index (χ4n) is 1.50. The van der Waals surface area contributed by atoms with E-state index in [1.54, 1.807) is 30.3 Å². The summed E-state index contributed by atoms with van der Waals surface area (Å²) in [5.74, 6) is 0. The molecular weight excluding hydrogens is 328 g/mol. The number of sulfonamides is 1. The third kappa shape index (κ3) is 3.34. The molecule has 0 spiro atoms.